The number of pyridine rings is 2. The SMILES string of the molecule is O=C1OCCN1c1ccc2c(-c3c(-c4ccccn4)nn4c3CCC4)ccnc2c1. The summed E-state index contributed by atoms with van der Waals surface area (Å²) in [5.41, 5.74) is 6.90. The summed E-state index contributed by atoms with van der Waals surface area (Å²) in [6, 6.07) is 13.9. The van der Waals surface area contributed by atoms with Crippen molar-refractivity contribution in [1.82, 2.24) is 19.7 Å². The summed E-state index contributed by atoms with van der Waals surface area (Å²) < 4.78 is 7.19. The molecule has 0 aliphatic carbocycles. The first-order chi connectivity index (χ1) is 14.8. The van der Waals surface area contributed by atoms with Gasteiger partial charge >= 0.3 is 6.09 Å². The molecule has 2 aliphatic heterocycles. The zero-order valence-corrected chi connectivity index (χ0v) is 16.3. The number of cyclic esters (lactones) is 1. The molecule has 0 bridgehead atoms. The van der Waals surface area contributed by atoms with Crippen molar-refractivity contribution in [2.45, 2.75) is 19.4 Å². The molecule has 0 radical (unpaired) electrons. The summed E-state index contributed by atoms with van der Waals surface area (Å²) in [4.78, 5) is 22.7. The molecule has 1 amide bonds. The molecule has 148 valence electrons. The number of hydrogen-bond donors (Lipinski definition) is 0. The highest BCUT2D eigenvalue weighted by Gasteiger charge is 2.27. The quantitative estimate of drug-likeness (QED) is 0.521. The van der Waals surface area contributed by atoms with Crippen LogP contribution in [0.1, 0.15) is 12.1 Å². The van der Waals surface area contributed by atoms with Gasteiger partial charge < -0.3 is 4.74 Å². The molecule has 0 spiro atoms. The van der Waals surface area contributed by atoms with E-state index in [0.717, 1.165) is 58.5 Å². The van der Waals surface area contributed by atoms with E-state index < -0.39 is 0 Å². The van der Waals surface area contributed by atoms with Gasteiger partial charge in [0.1, 0.15) is 12.3 Å². The van der Waals surface area contributed by atoms with Gasteiger partial charge in [-0.05, 0) is 48.7 Å². The van der Waals surface area contributed by atoms with E-state index in [2.05, 4.69) is 20.7 Å². The van der Waals surface area contributed by atoms with Gasteiger partial charge in [0, 0.05) is 41.3 Å². The van der Waals surface area contributed by atoms with E-state index >= 15 is 0 Å². The number of aromatic nitrogens is 4. The number of carbonyl (C=O) groups is 1. The summed E-state index contributed by atoms with van der Waals surface area (Å²) in [7, 11) is 0. The topological polar surface area (TPSA) is 73.1 Å². The van der Waals surface area contributed by atoms with Gasteiger partial charge in [-0.2, -0.15) is 5.10 Å². The first-order valence-corrected chi connectivity index (χ1v) is 10.1. The maximum absolute atomic E-state index is 12.0. The van der Waals surface area contributed by atoms with E-state index in [1.165, 1.54) is 5.69 Å². The van der Waals surface area contributed by atoms with Gasteiger partial charge in [-0.3, -0.25) is 19.5 Å². The lowest BCUT2D eigenvalue weighted by Crippen LogP contribution is -2.23. The Kier molecular flexibility index (Phi) is 3.80. The highest BCUT2D eigenvalue weighted by molar-refractivity contribution is 6.01. The van der Waals surface area contributed by atoms with Crippen LogP contribution in [0.5, 0.6) is 0 Å². The van der Waals surface area contributed by atoms with Gasteiger partial charge in [0.05, 0.1) is 17.8 Å². The number of aryl methyl sites for hydroxylation is 1. The number of benzene rings is 1. The Morgan fingerprint density at radius 2 is 1.97 bits per heavy atom. The number of rotatable bonds is 3. The zero-order valence-electron chi connectivity index (χ0n) is 16.3. The van der Waals surface area contributed by atoms with Gasteiger partial charge in [0.15, 0.2) is 0 Å². The van der Waals surface area contributed by atoms with Gasteiger partial charge in [0.2, 0.25) is 0 Å². The molecule has 1 aromatic carbocycles. The van der Waals surface area contributed by atoms with Crippen molar-refractivity contribution in [2.24, 2.45) is 0 Å². The van der Waals surface area contributed by atoms with Crippen LogP contribution in [0.4, 0.5) is 10.5 Å². The average molecular weight is 397 g/mol. The van der Waals surface area contributed by atoms with Crippen LogP contribution in [-0.2, 0) is 17.7 Å². The lowest BCUT2D eigenvalue weighted by molar-refractivity contribution is 0.181. The molecule has 30 heavy (non-hydrogen) atoms. The highest BCUT2D eigenvalue weighted by Crippen LogP contribution is 2.40. The minimum atomic E-state index is -0.308. The number of anilines is 1. The molecule has 0 N–H and O–H groups in total. The molecule has 7 nitrogen and oxygen atoms in total. The average Bonchev–Trinajstić information content (AvgIpc) is 3.49. The molecule has 5 heterocycles. The smallest absolute Gasteiger partial charge is 0.414 e. The van der Waals surface area contributed by atoms with Crippen molar-refractivity contribution in [3.05, 3.63) is 60.6 Å². The summed E-state index contributed by atoms with van der Waals surface area (Å²) in [6.45, 7) is 1.91. The fraction of sp³-hybridized carbons (Fsp3) is 0.217. The second-order valence-corrected chi connectivity index (χ2v) is 7.54. The van der Waals surface area contributed by atoms with E-state index in [1.807, 2.05) is 42.6 Å². The third kappa shape index (κ3) is 2.58. The maximum Gasteiger partial charge on any atom is 0.414 e. The van der Waals surface area contributed by atoms with Crippen LogP contribution in [0.2, 0.25) is 0 Å². The summed E-state index contributed by atoms with van der Waals surface area (Å²) in [6.07, 6.45) is 5.41. The first-order valence-electron chi connectivity index (χ1n) is 10.1. The fourth-order valence-corrected chi connectivity index (χ4v) is 4.45. The summed E-state index contributed by atoms with van der Waals surface area (Å²) in [5.74, 6) is 0. The van der Waals surface area contributed by atoms with Gasteiger partial charge in [-0.15, -0.1) is 0 Å². The lowest BCUT2D eigenvalue weighted by Gasteiger charge is -2.14. The number of fused-ring (bicyclic) bond motifs is 2. The summed E-state index contributed by atoms with van der Waals surface area (Å²) >= 11 is 0. The molecule has 2 aliphatic rings. The third-order valence-electron chi connectivity index (χ3n) is 5.82. The monoisotopic (exact) mass is 397 g/mol. The number of amides is 1. The Morgan fingerprint density at radius 3 is 2.80 bits per heavy atom. The van der Waals surface area contributed by atoms with E-state index in [1.54, 1.807) is 11.1 Å². The second kappa shape index (κ2) is 6.66. The van der Waals surface area contributed by atoms with Crippen molar-refractivity contribution >= 4 is 22.7 Å². The van der Waals surface area contributed by atoms with Crippen molar-refractivity contribution in [1.29, 1.82) is 0 Å². The Morgan fingerprint density at radius 1 is 1.00 bits per heavy atom. The third-order valence-corrected chi connectivity index (χ3v) is 5.82. The molecular formula is C23H19N5O2. The Balaban J connectivity index is 1.55. The molecular weight excluding hydrogens is 378 g/mol. The van der Waals surface area contributed by atoms with Crippen LogP contribution in [-0.4, -0.2) is 39.0 Å². The number of hydrogen-bond acceptors (Lipinski definition) is 5. The molecule has 3 aromatic heterocycles. The summed E-state index contributed by atoms with van der Waals surface area (Å²) in [5, 5.41) is 5.93. The lowest BCUT2D eigenvalue weighted by atomic mass is 9.96. The van der Waals surface area contributed by atoms with Gasteiger partial charge in [-0.1, -0.05) is 12.1 Å². The molecule has 1 fully saturated rings. The van der Waals surface area contributed by atoms with Crippen molar-refractivity contribution in [2.75, 3.05) is 18.1 Å². The Labute approximate surface area is 172 Å². The molecule has 0 atom stereocenters. The fourth-order valence-electron chi connectivity index (χ4n) is 4.45. The highest BCUT2D eigenvalue weighted by atomic mass is 16.6. The molecule has 1 saturated heterocycles. The van der Waals surface area contributed by atoms with Gasteiger partial charge in [-0.25, -0.2) is 4.79 Å². The molecule has 4 aromatic rings. The van der Waals surface area contributed by atoms with Crippen LogP contribution in [0.15, 0.2) is 54.9 Å². The van der Waals surface area contributed by atoms with Crippen molar-refractivity contribution in [3.8, 4) is 22.5 Å². The van der Waals surface area contributed by atoms with Crippen LogP contribution in [0.25, 0.3) is 33.4 Å². The van der Waals surface area contributed by atoms with Gasteiger partial charge in [0.25, 0.3) is 0 Å². The standard InChI is InChI=1S/C23H19N5O2/c29-23-27(12-13-30-23)15-6-7-16-17(8-10-25-19(16)14-15)21-20-5-3-11-28(20)26-22(21)18-4-1-2-9-24-18/h1-2,4,6-10,14H,3,5,11-13H2. The minimum absolute atomic E-state index is 0.308. The van der Waals surface area contributed by atoms with Crippen LogP contribution >= 0.6 is 0 Å². The van der Waals surface area contributed by atoms with Crippen LogP contribution < -0.4 is 4.90 Å². The Hall–Kier alpha value is -3.74. The normalized spacial score (nSPS) is 15.6. The van der Waals surface area contributed by atoms with Crippen molar-refractivity contribution in [3.63, 3.8) is 0 Å². The molecule has 6 rings (SSSR count). The first kappa shape index (κ1) is 17.1. The number of ether oxygens (including phenoxy) is 1. The Bertz CT molecular complexity index is 1280. The number of nitrogens with zero attached hydrogens (tertiary/aromatic N) is 5. The predicted octanol–water partition coefficient (Wildman–Crippen LogP) is 4.06. The number of carbonyl (C=O) groups excluding carboxylic acids is 1. The zero-order chi connectivity index (χ0) is 20.1. The predicted molar refractivity (Wildman–Crippen MR) is 113 cm³/mol. The van der Waals surface area contributed by atoms with Crippen LogP contribution in [0, 0.1) is 0 Å². The minimum Gasteiger partial charge on any atom is -0.447 e. The largest absolute Gasteiger partial charge is 0.447 e. The molecule has 7 heteroatoms. The second-order valence-electron chi connectivity index (χ2n) is 7.54. The van der Waals surface area contributed by atoms with Crippen LogP contribution in [0.3, 0.4) is 0 Å². The van der Waals surface area contributed by atoms with Crippen molar-refractivity contribution < 1.29 is 9.53 Å². The maximum atomic E-state index is 12.0. The van der Waals surface area contributed by atoms with E-state index in [0.29, 0.717) is 13.2 Å². The molecule has 0 unspecified atom stereocenters. The molecule has 0 saturated carbocycles. The van der Waals surface area contributed by atoms with E-state index in [9.17, 15) is 4.79 Å². The van der Waals surface area contributed by atoms with E-state index in [4.69, 9.17) is 9.84 Å². The van der Waals surface area contributed by atoms with E-state index in [-0.39, 0.29) is 6.09 Å².